The largest absolute Gasteiger partial charge is 0.478 e. The zero-order valence-corrected chi connectivity index (χ0v) is 11.6. The Hall–Kier alpha value is -0.740. The summed E-state index contributed by atoms with van der Waals surface area (Å²) in [6, 6.07) is 1.74. The van der Waals surface area contributed by atoms with E-state index in [4.69, 9.17) is 27.9 Å². The minimum absolute atomic E-state index is 0.389. The molecular formula is C11H17Cl2N3O. The van der Waals surface area contributed by atoms with Gasteiger partial charge in [0.05, 0.1) is 12.1 Å². The average molecular weight is 278 g/mol. The van der Waals surface area contributed by atoms with Crippen molar-refractivity contribution in [3.05, 3.63) is 12.4 Å². The van der Waals surface area contributed by atoms with Crippen LogP contribution in [0.4, 0.5) is 5.82 Å². The number of rotatable bonds is 7. The fourth-order valence-corrected chi connectivity index (χ4v) is 1.52. The van der Waals surface area contributed by atoms with Gasteiger partial charge in [-0.2, -0.15) is 0 Å². The van der Waals surface area contributed by atoms with Crippen molar-refractivity contribution in [3.8, 4) is 5.88 Å². The molecule has 0 fully saturated rings. The Morgan fingerprint density at radius 2 is 2.06 bits per heavy atom. The van der Waals surface area contributed by atoms with E-state index in [1.54, 1.807) is 6.07 Å². The zero-order valence-electron chi connectivity index (χ0n) is 10.0. The number of anilines is 1. The van der Waals surface area contributed by atoms with Crippen molar-refractivity contribution in [3.63, 3.8) is 0 Å². The molecule has 0 aromatic carbocycles. The maximum Gasteiger partial charge on any atom is 0.218 e. The highest BCUT2D eigenvalue weighted by molar-refractivity contribution is 6.22. The highest BCUT2D eigenvalue weighted by Gasteiger charge is 2.22. The minimum atomic E-state index is -0.389. The van der Waals surface area contributed by atoms with Gasteiger partial charge < -0.3 is 10.1 Å². The summed E-state index contributed by atoms with van der Waals surface area (Å²) in [4.78, 5) is 8.13. The fourth-order valence-electron chi connectivity index (χ4n) is 1.11. The third-order valence-corrected chi connectivity index (χ3v) is 3.30. The van der Waals surface area contributed by atoms with Crippen LogP contribution >= 0.6 is 23.2 Å². The van der Waals surface area contributed by atoms with Crippen LogP contribution in [0.2, 0.25) is 0 Å². The smallest absolute Gasteiger partial charge is 0.218 e. The molecule has 0 aliphatic carbocycles. The van der Waals surface area contributed by atoms with E-state index in [9.17, 15) is 0 Å². The summed E-state index contributed by atoms with van der Waals surface area (Å²) in [5.74, 6) is 2.00. The van der Waals surface area contributed by atoms with Crippen molar-refractivity contribution in [2.45, 2.75) is 25.8 Å². The van der Waals surface area contributed by atoms with Crippen molar-refractivity contribution in [1.82, 2.24) is 9.97 Å². The topological polar surface area (TPSA) is 47.0 Å². The molecule has 0 aliphatic rings. The van der Waals surface area contributed by atoms with Gasteiger partial charge >= 0.3 is 0 Å². The molecule has 1 aromatic rings. The predicted molar refractivity (Wildman–Crippen MR) is 71.3 cm³/mol. The summed E-state index contributed by atoms with van der Waals surface area (Å²) < 4.78 is 5.42. The van der Waals surface area contributed by atoms with Gasteiger partial charge in [0.1, 0.15) is 12.1 Å². The molecule has 0 bridgehead atoms. The first kappa shape index (κ1) is 14.3. The molecule has 4 nitrogen and oxygen atoms in total. The number of aromatic nitrogens is 2. The van der Waals surface area contributed by atoms with E-state index >= 15 is 0 Å². The van der Waals surface area contributed by atoms with Gasteiger partial charge in [-0.3, -0.25) is 0 Å². The van der Waals surface area contributed by atoms with Gasteiger partial charge in [0.25, 0.3) is 0 Å². The standard InChI is InChI=1S/C11H17Cl2N3O/c1-3-4-17-10-5-9(14-8-15-10)16-11(2,6-12)7-13/h5,8H,3-4,6-7H2,1-2H3,(H,14,15,16). The van der Waals surface area contributed by atoms with E-state index in [0.717, 1.165) is 6.42 Å². The number of hydrogen-bond donors (Lipinski definition) is 1. The summed E-state index contributed by atoms with van der Waals surface area (Å²) in [5.41, 5.74) is -0.389. The van der Waals surface area contributed by atoms with Gasteiger partial charge in [0.15, 0.2) is 0 Å². The minimum Gasteiger partial charge on any atom is -0.478 e. The van der Waals surface area contributed by atoms with Gasteiger partial charge in [-0.15, -0.1) is 23.2 Å². The van der Waals surface area contributed by atoms with Crippen LogP contribution in [0.3, 0.4) is 0 Å². The number of halogens is 2. The zero-order chi connectivity index (χ0) is 12.7. The molecule has 6 heteroatoms. The normalized spacial score (nSPS) is 11.3. The highest BCUT2D eigenvalue weighted by Crippen LogP contribution is 2.18. The van der Waals surface area contributed by atoms with Crippen LogP contribution in [0.25, 0.3) is 0 Å². The van der Waals surface area contributed by atoms with Crippen LogP contribution in [0.15, 0.2) is 12.4 Å². The molecule has 0 aliphatic heterocycles. The maximum absolute atomic E-state index is 5.86. The molecule has 0 saturated heterocycles. The third-order valence-electron chi connectivity index (χ3n) is 2.12. The molecule has 17 heavy (non-hydrogen) atoms. The summed E-state index contributed by atoms with van der Waals surface area (Å²) in [6.07, 6.45) is 2.39. The third kappa shape index (κ3) is 4.56. The van der Waals surface area contributed by atoms with Gasteiger partial charge in [-0.1, -0.05) is 6.92 Å². The first-order chi connectivity index (χ1) is 8.13. The Balaban J connectivity index is 2.71. The van der Waals surface area contributed by atoms with Crippen LogP contribution in [0, 0.1) is 0 Å². The quantitative estimate of drug-likeness (QED) is 0.779. The Bertz CT molecular complexity index is 345. The molecule has 1 heterocycles. The lowest BCUT2D eigenvalue weighted by atomic mass is 10.1. The molecule has 0 amide bonds. The molecule has 1 N–H and O–H groups in total. The predicted octanol–water partition coefficient (Wildman–Crippen LogP) is 2.91. The van der Waals surface area contributed by atoms with E-state index in [-0.39, 0.29) is 5.54 Å². The number of ether oxygens (including phenoxy) is 1. The average Bonchev–Trinajstić information content (AvgIpc) is 2.36. The van der Waals surface area contributed by atoms with E-state index < -0.39 is 0 Å². The van der Waals surface area contributed by atoms with Gasteiger partial charge in [0, 0.05) is 17.8 Å². The Morgan fingerprint density at radius 1 is 1.35 bits per heavy atom. The van der Waals surface area contributed by atoms with E-state index in [1.165, 1.54) is 6.33 Å². The Kier molecular flexibility index (Phi) is 5.78. The van der Waals surface area contributed by atoms with E-state index in [2.05, 4.69) is 15.3 Å². The fraction of sp³-hybridized carbons (Fsp3) is 0.636. The monoisotopic (exact) mass is 277 g/mol. The number of nitrogens with one attached hydrogen (secondary N) is 1. The SMILES string of the molecule is CCCOc1cc(NC(C)(CCl)CCl)ncn1. The molecule has 0 spiro atoms. The molecule has 1 rings (SSSR count). The van der Waals surface area contributed by atoms with Crippen molar-refractivity contribution < 1.29 is 4.74 Å². The molecule has 0 unspecified atom stereocenters. The van der Waals surface area contributed by atoms with Gasteiger partial charge in [-0.25, -0.2) is 9.97 Å². The van der Waals surface area contributed by atoms with E-state index in [1.807, 2.05) is 13.8 Å². The summed E-state index contributed by atoms with van der Waals surface area (Å²) in [6.45, 7) is 4.61. The maximum atomic E-state index is 5.86. The number of nitrogens with zero attached hydrogens (tertiary/aromatic N) is 2. The van der Waals surface area contributed by atoms with Crippen molar-refractivity contribution in [2.24, 2.45) is 0 Å². The first-order valence-corrected chi connectivity index (χ1v) is 6.55. The molecule has 1 aromatic heterocycles. The van der Waals surface area contributed by atoms with Crippen LogP contribution in [-0.4, -0.2) is 33.9 Å². The second-order valence-corrected chi connectivity index (χ2v) is 4.58. The highest BCUT2D eigenvalue weighted by atomic mass is 35.5. The molecular weight excluding hydrogens is 261 g/mol. The van der Waals surface area contributed by atoms with Crippen molar-refractivity contribution >= 4 is 29.0 Å². The Morgan fingerprint density at radius 3 is 2.65 bits per heavy atom. The van der Waals surface area contributed by atoms with Gasteiger partial charge in [-0.05, 0) is 13.3 Å². The number of hydrogen-bond acceptors (Lipinski definition) is 4. The second kappa shape index (κ2) is 6.87. The molecule has 96 valence electrons. The van der Waals surface area contributed by atoms with Crippen LogP contribution in [0.1, 0.15) is 20.3 Å². The van der Waals surface area contributed by atoms with E-state index in [0.29, 0.717) is 30.1 Å². The molecule has 0 radical (unpaired) electrons. The van der Waals surface area contributed by atoms with Crippen molar-refractivity contribution in [1.29, 1.82) is 0 Å². The van der Waals surface area contributed by atoms with Crippen LogP contribution < -0.4 is 10.1 Å². The summed E-state index contributed by atoms with van der Waals surface area (Å²) in [7, 11) is 0. The number of alkyl halides is 2. The summed E-state index contributed by atoms with van der Waals surface area (Å²) in [5, 5.41) is 3.18. The lowest BCUT2D eigenvalue weighted by molar-refractivity contribution is 0.305. The molecule has 0 saturated carbocycles. The summed E-state index contributed by atoms with van der Waals surface area (Å²) >= 11 is 11.7. The van der Waals surface area contributed by atoms with Crippen LogP contribution in [0.5, 0.6) is 5.88 Å². The molecule has 0 atom stereocenters. The lowest BCUT2D eigenvalue weighted by Crippen LogP contribution is -2.39. The first-order valence-electron chi connectivity index (χ1n) is 5.48. The Labute approximate surface area is 112 Å². The van der Waals surface area contributed by atoms with Crippen LogP contribution in [-0.2, 0) is 0 Å². The van der Waals surface area contributed by atoms with Crippen molar-refractivity contribution in [2.75, 3.05) is 23.7 Å². The second-order valence-electron chi connectivity index (χ2n) is 4.04. The lowest BCUT2D eigenvalue weighted by Gasteiger charge is -2.26. The van der Waals surface area contributed by atoms with Gasteiger partial charge in [0.2, 0.25) is 5.88 Å².